The van der Waals surface area contributed by atoms with E-state index in [-0.39, 0.29) is 31.4 Å². The molecule has 0 aromatic rings. The molecule has 0 radical (unpaired) electrons. The topological polar surface area (TPSA) is 113 Å². The van der Waals surface area contributed by atoms with Gasteiger partial charge >= 0.3 is 5.97 Å². The van der Waals surface area contributed by atoms with Crippen molar-refractivity contribution >= 4 is 11.9 Å². The molecule has 1 amide bonds. The fourth-order valence-electron chi connectivity index (χ4n) is 1.01. The molecule has 0 fully saturated rings. The Morgan fingerprint density at radius 2 is 2.00 bits per heavy atom. The van der Waals surface area contributed by atoms with Crippen LogP contribution in [0.1, 0.15) is 26.2 Å². The van der Waals surface area contributed by atoms with Crippen molar-refractivity contribution in [3.63, 3.8) is 0 Å². The summed E-state index contributed by atoms with van der Waals surface area (Å²) in [5.41, 5.74) is 5.45. The summed E-state index contributed by atoms with van der Waals surface area (Å²) in [5, 5.41) is 19.6. The van der Waals surface area contributed by atoms with Crippen LogP contribution in [-0.4, -0.2) is 40.8 Å². The van der Waals surface area contributed by atoms with Crippen molar-refractivity contribution in [3.8, 4) is 0 Å². The maximum atomic E-state index is 11.2. The molecule has 1 unspecified atom stereocenters. The molecule has 6 heteroatoms. The van der Waals surface area contributed by atoms with Crippen LogP contribution in [0.15, 0.2) is 0 Å². The predicted octanol–water partition coefficient (Wildman–Crippen LogP) is -0.934. The molecule has 0 aliphatic rings. The van der Waals surface area contributed by atoms with Gasteiger partial charge in [0.05, 0.1) is 0 Å². The minimum atomic E-state index is -1.14. The number of carbonyl (C=O) groups is 2. The Bertz CT molecular complexity index is 218. The summed E-state index contributed by atoms with van der Waals surface area (Å²) in [6.07, 6.45) is 0.726. The first-order chi connectivity index (χ1) is 6.97. The van der Waals surface area contributed by atoms with E-state index in [1.165, 1.54) is 0 Å². The Hall–Kier alpha value is -1.14. The number of nitrogens with one attached hydrogen (secondary N) is 1. The second kappa shape index (κ2) is 7.19. The van der Waals surface area contributed by atoms with Crippen LogP contribution in [0, 0.1) is 0 Å². The van der Waals surface area contributed by atoms with Gasteiger partial charge in [-0.2, -0.15) is 0 Å². The van der Waals surface area contributed by atoms with E-state index in [2.05, 4.69) is 5.32 Å². The van der Waals surface area contributed by atoms with Crippen LogP contribution in [0.2, 0.25) is 0 Å². The van der Waals surface area contributed by atoms with Gasteiger partial charge in [-0.15, -0.1) is 0 Å². The van der Waals surface area contributed by atoms with Gasteiger partial charge in [-0.05, 0) is 13.3 Å². The molecule has 0 saturated carbocycles. The largest absolute Gasteiger partial charge is 0.480 e. The molecular formula is C9H18N2O4. The number of aliphatic hydroxyl groups is 1. The molecule has 0 aromatic carbocycles. The number of hydrogen-bond acceptors (Lipinski definition) is 4. The van der Waals surface area contributed by atoms with Gasteiger partial charge in [0.2, 0.25) is 5.91 Å². The molecule has 0 aliphatic carbocycles. The molecule has 0 heterocycles. The number of carbonyl (C=O) groups excluding carboxylic acids is 1. The van der Waals surface area contributed by atoms with Crippen molar-refractivity contribution in [3.05, 3.63) is 0 Å². The number of aliphatic carboxylic acids is 1. The fraction of sp³-hybridized carbons (Fsp3) is 0.778. The van der Waals surface area contributed by atoms with E-state index in [4.69, 9.17) is 15.9 Å². The van der Waals surface area contributed by atoms with E-state index < -0.39 is 12.0 Å². The van der Waals surface area contributed by atoms with Gasteiger partial charge in [-0.3, -0.25) is 4.79 Å². The summed E-state index contributed by atoms with van der Waals surface area (Å²) in [7, 11) is 0. The molecule has 0 spiro atoms. The van der Waals surface area contributed by atoms with Crippen LogP contribution in [0.25, 0.3) is 0 Å². The molecule has 0 aromatic heterocycles. The first-order valence-electron chi connectivity index (χ1n) is 4.86. The smallest absolute Gasteiger partial charge is 0.326 e. The number of carboxylic acid groups (broad SMARTS) is 1. The van der Waals surface area contributed by atoms with Gasteiger partial charge in [0.1, 0.15) is 6.04 Å². The van der Waals surface area contributed by atoms with Crippen molar-refractivity contribution < 1.29 is 19.8 Å². The van der Waals surface area contributed by atoms with Crippen molar-refractivity contribution in [1.82, 2.24) is 5.32 Å². The summed E-state index contributed by atoms with van der Waals surface area (Å²) >= 11 is 0. The third-order valence-corrected chi connectivity index (χ3v) is 1.88. The molecular weight excluding hydrogens is 200 g/mol. The van der Waals surface area contributed by atoms with Crippen molar-refractivity contribution in [2.24, 2.45) is 5.73 Å². The average molecular weight is 218 g/mol. The van der Waals surface area contributed by atoms with Crippen molar-refractivity contribution in [2.75, 3.05) is 6.61 Å². The Morgan fingerprint density at radius 1 is 1.40 bits per heavy atom. The van der Waals surface area contributed by atoms with Gasteiger partial charge in [0, 0.05) is 25.5 Å². The van der Waals surface area contributed by atoms with Crippen LogP contribution >= 0.6 is 0 Å². The highest BCUT2D eigenvalue weighted by molar-refractivity contribution is 5.83. The van der Waals surface area contributed by atoms with Crippen LogP contribution in [0.3, 0.4) is 0 Å². The minimum absolute atomic E-state index is 0.0131. The lowest BCUT2D eigenvalue weighted by Gasteiger charge is -2.13. The minimum Gasteiger partial charge on any atom is -0.480 e. The van der Waals surface area contributed by atoms with Crippen molar-refractivity contribution in [2.45, 2.75) is 38.3 Å². The van der Waals surface area contributed by atoms with E-state index in [1.807, 2.05) is 0 Å². The monoisotopic (exact) mass is 218 g/mol. The van der Waals surface area contributed by atoms with Gasteiger partial charge < -0.3 is 21.3 Å². The normalized spacial score (nSPS) is 14.3. The highest BCUT2D eigenvalue weighted by Gasteiger charge is 2.18. The molecule has 5 N–H and O–H groups in total. The lowest BCUT2D eigenvalue weighted by molar-refractivity contribution is -0.142. The number of aliphatic hydroxyl groups excluding tert-OH is 1. The lowest BCUT2D eigenvalue weighted by Crippen LogP contribution is -2.41. The number of rotatable bonds is 7. The third kappa shape index (κ3) is 6.87. The van der Waals surface area contributed by atoms with Crippen LogP contribution in [-0.2, 0) is 9.59 Å². The lowest BCUT2D eigenvalue weighted by atomic mass is 10.1. The van der Waals surface area contributed by atoms with E-state index in [1.54, 1.807) is 6.92 Å². The molecule has 0 rings (SSSR count). The molecule has 0 aliphatic heterocycles. The van der Waals surface area contributed by atoms with Gasteiger partial charge in [-0.25, -0.2) is 4.79 Å². The highest BCUT2D eigenvalue weighted by atomic mass is 16.4. The molecule has 0 saturated heterocycles. The molecule has 2 atom stereocenters. The van der Waals surface area contributed by atoms with Crippen LogP contribution in [0.5, 0.6) is 0 Å². The molecule has 6 nitrogen and oxygen atoms in total. The maximum absolute atomic E-state index is 11.2. The quantitative estimate of drug-likeness (QED) is 0.441. The van der Waals surface area contributed by atoms with Crippen LogP contribution < -0.4 is 11.1 Å². The summed E-state index contributed by atoms with van der Waals surface area (Å²) in [5.74, 6) is -1.49. The summed E-state index contributed by atoms with van der Waals surface area (Å²) in [6.45, 7) is 1.50. The first kappa shape index (κ1) is 13.9. The Morgan fingerprint density at radius 3 is 2.40 bits per heavy atom. The maximum Gasteiger partial charge on any atom is 0.326 e. The number of nitrogens with two attached hydrogens (primary N) is 1. The summed E-state index contributed by atoms with van der Waals surface area (Å²) < 4.78 is 0. The highest BCUT2D eigenvalue weighted by Crippen LogP contribution is 1.97. The third-order valence-electron chi connectivity index (χ3n) is 1.88. The van der Waals surface area contributed by atoms with E-state index in [9.17, 15) is 9.59 Å². The number of hydrogen-bond donors (Lipinski definition) is 4. The first-order valence-corrected chi connectivity index (χ1v) is 4.86. The van der Waals surface area contributed by atoms with E-state index in [0.29, 0.717) is 6.42 Å². The molecule has 15 heavy (non-hydrogen) atoms. The Balaban J connectivity index is 3.94. The fourth-order valence-corrected chi connectivity index (χ4v) is 1.01. The van der Waals surface area contributed by atoms with Crippen molar-refractivity contribution in [1.29, 1.82) is 0 Å². The predicted molar refractivity (Wildman–Crippen MR) is 54.2 cm³/mol. The second-order valence-corrected chi connectivity index (χ2v) is 3.49. The molecule has 0 bridgehead atoms. The SMILES string of the molecule is CC(N)CCC(=O)N[C@@H](CCO)C(=O)O. The summed E-state index contributed by atoms with van der Waals surface area (Å²) in [6, 6.07) is -1.10. The van der Waals surface area contributed by atoms with Gasteiger partial charge in [0.25, 0.3) is 0 Å². The standard InChI is InChI=1S/C9H18N2O4/c1-6(10)2-3-8(13)11-7(4-5-12)9(14)15/h6-7,12H,2-5,10H2,1H3,(H,11,13)(H,14,15)/t6?,7-/m0/s1. The van der Waals surface area contributed by atoms with E-state index in [0.717, 1.165) is 0 Å². The zero-order valence-corrected chi connectivity index (χ0v) is 8.77. The van der Waals surface area contributed by atoms with Gasteiger partial charge in [0.15, 0.2) is 0 Å². The van der Waals surface area contributed by atoms with Gasteiger partial charge in [-0.1, -0.05) is 0 Å². The summed E-state index contributed by atoms with van der Waals surface area (Å²) in [4.78, 5) is 21.8. The van der Waals surface area contributed by atoms with Crippen LogP contribution in [0.4, 0.5) is 0 Å². The molecule has 88 valence electrons. The zero-order chi connectivity index (χ0) is 11.8. The number of amides is 1. The van der Waals surface area contributed by atoms with E-state index >= 15 is 0 Å². The Kier molecular flexibility index (Phi) is 6.64. The number of carboxylic acids is 1. The zero-order valence-electron chi connectivity index (χ0n) is 8.77. The second-order valence-electron chi connectivity index (χ2n) is 3.49. The average Bonchev–Trinajstić information content (AvgIpc) is 2.14. The Labute approximate surface area is 88.5 Å².